The summed E-state index contributed by atoms with van der Waals surface area (Å²) in [5, 5.41) is 0. The fourth-order valence-electron chi connectivity index (χ4n) is 2.74. The molecule has 2 nitrogen and oxygen atoms in total. The molecule has 1 unspecified atom stereocenters. The molecular weight excluding hydrogens is 184 g/mol. The summed E-state index contributed by atoms with van der Waals surface area (Å²) in [6.07, 6.45) is 1.29. The van der Waals surface area contributed by atoms with Gasteiger partial charge in [0.25, 0.3) is 0 Å². The molecule has 1 fully saturated rings. The second-order valence-corrected chi connectivity index (χ2v) is 5.39. The first kappa shape index (κ1) is 13.0. The summed E-state index contributed by atoms with van der Waals surface area (Å²) in [5.74, 6) is 0.792. The SMILES string of the molecule is CCC(C(C)C)N1CCN(C(C)C)CC1. The van der Waals surface area contributed by atoms with Crippen LogP contribution in [0.3, 0.4) is 0 Å². The zero-order valence-electron chi connectivity index (χ0n) is 11.2. The maximum absolute atomic E-state index is 2.68. The molecule has 1 rings (SSSR count). The fourth-order valence-corrected chi connectivity index (χ4v) is 2.74. The van der Waals surface area contributed by atoms with Crippen LogP contribution in [-0.2, 0) is 0 Å². The Labute approximate surface area is 95.6 Å². The summed E-state index contributed by atoms with van der Waals surface area (Å²) in [6, 6.07) is 1.51. The summed E-state index contributed by atoms with van der Waals surface area (Å²) in [6.45, 7) is 16.6. The highest BCUT2D eigenvalue weighted by Crippen LogP contribution is 2.17. The predicted octanol–water partition coefficient (Wildman–Crippen LogP) is 2.45. The quantitative estimate of drug-likeness (QED) is 0.706. The van der Waals surface area contributed by atoms with Crippen molar-refractivity contribution in [2.75, 3.05) is 26.2 Å². The smallest absolute Gasteiger partial charge is 0.0117 e. The molecule has 1 aliphatic heterocycles. The minimum absolute atomic E-state index is 0.714. The van der Waals surface area contributed by atoms with Crippen LogP contribution in [0, 0.1) is 5.92 Å². The highest BCUT2D eigenvalue weighted by Gasteiger charge is 2.25. The number of piperazine rings is 1. The van der Waals surface area contributed by atoms with Gasteiger partial charge in [0.15, 0.2) is 0 Å². The summed E-state index contributed by atoms with van der Waals surface area (Å²) >= 11 is 0. The molecule has 1 aliphatic rings. The minimum atomic E-state index is 0.714. The van der Waals surface area contributed by atoms with Crippen LogP contribution in [0.4, 0.5) is 0 Å². The summed E-state index contributed by atoms with van der Waals surface area (Å²) in [7, 11) is 0. The normalized spacial score (nSPS) is 22.6. The number of hydrogen-bond donors (Lipinski definition) is 0. The van der Waals surface area contributed by atoms with Gasteiger partial charge in [-0.05, 0) is 26.2 Å². The average molecular weight is 212 g/mol. The first-order valence-corrected chi connectivity index (χ1v) is 6.54. The highest BCUT2D eigenvalue weighted by molar-refractivity contribution is 4.80. The van der Waals surface area contributed by atoms with Crippen molar-refractivity contribution >= 4 is 0 Å². The number of nitrogens with zero attached hydrogens (tertiary/aromatic N) is 2. The first-order valence-electron chi connectivity index (χ1n) is 6.54. The molecule has 0 radical (unpaired) electrons. The van der Waals surface area contributed by atoms with Crippen LogP contribution in [0.2, 0.25) is 0 Å². The molecule has 0 aromatic heterocycles. The number of hydrogen-bond acceptors (Lipinski definition) is 2. The first-order chi connectivity index (χ1) is 7.06. The van der Waals surface area contributed by atoms with Crippen molar-refractivity contribution in [3.05, 3.63) is 0 Å². The lowest BCUT2D eigenvalue weighted by atomic mass is 9.99. The highest BCUT2D eigenvalue weighted by atomic mass is 15.3. The molecule has 1 atom stereocenters. The monoisotopic (exact) mass is 212 g/mol. The zero-order chi connectivity index (χ0) is 11.4. The van der Waals surface area contributed by atoms with Crippen LogP contribution in [0.1, 0.15) is 41.0 Å². The number of rotatable bonds is 4. The predicted molar refractivity (Wildman–Crippen MR) is 67.2 cm³/mol. The third-order valence-electron chi connectivity index (χ3n) is 3.74. The van der Waals surface area contributed by atoms with Gasteiger partial charge in [-0.2, -0.15) is 0 Å². The Balaban J connectivity index is 2.42. The standard InChI is InChI=1S/C13H28N2/c1-6-13(11(2)3)15-9-7-14(8-10-15)12(4)5/h11-13H,6-10H2,1-5H3. The van der Waals surface area contributed by atoms with Crippen molar-refractivity contribution < 1.29 is 0 Å². The van der Waals surface area contributed by atoms with E-state index in [1.165, 1.54) is 32.6 Å². The van der Waals surface area contributed by atoms with Crippen LogP contribution < -0.4 is 0 Å². The van der Waals surface area contributed by atoms with Gasteiger partial charge >= 0.3 is 0 Å². The fraction of sp³-hybridized carbons (Fsp3) is 1.00. The Hall–Kier alpha value is -0.0800. The Morgan fingerprint density at radius 3 is 1.67 bits per heavy atom. The minimum Gasteiger partial charge on any atom is -0.298 e. The van der Waals surface area contributed by atoms with Crippen LogP contribution in [0.25, 0.3) is 0 Å². The van der Waals surface area contributed by atoms with Gasteiger partial charge in [0.05, 0.1) is 0 Å². The third kappa shape index (κ3) is 3.46. The molecular formula is C13H28N2. The second kappa shape index (κ2) is 5.86. The Morgan fingerprint density at radius 1 is 0.867 bits per heavy atom. The van der Waals surface area contributed by atoms with Crippen LogP contribution in [-0.4, -0.2) is 48.1 Å². The van der Waals surface area contributed by atoms with E-state index in [1.54, 1.807) is 0 Å². The van der Waals surface area contributed by atoms with Gasteiger partial charge in [-0.25, -0.2) is 0 Å². The van der Waals surface area contributed by atoms with E-state index in [0.29, 0.717) is 6.04 Å². The molecule has 15 heavy (non-hydrogen) atoms. The van der Waals surface area contributed by atoms with Gasteiger partial charge in [-0.1, -0.05) is 20.8 Å². The third-order valence-corrected chi connectivity index (χ3v) is 3.74. The van der Waals surface area contributed by atoms with E-state index in [0.717, 1.165) is 12.0 Å². The van der Waals surface area contributed by atoms with E-state index in [2.05, 4.69) is 44.4 Å². The molecule has 1 saturated heterocycles. The maximum Gasteiger partial charge on any atom is 0.0117 e. The molecule has 1 heterocycles. The van der Waals surface area contributed by atoms with E-state index in [1.807, 2.05) is 0 Å². The van der Waals surface area contributed by atoms with E-state index in [-0.39, 0.29) is 0 Å². The van der Waals surface area contributed by atoms with Gasteiger partial charge < -0.3 is 0 Å². The lowest BCUT2D eigenvalue weighted by molar-refractivity contribution is 0.0602. The Morgan fingerprint density at radius 2 is 1.33 bits per heavy atom. The lowest BCUT2D eigenvalue weighted by Gasteiger charge is -2.42. The average Bonchev–Trinajstić information content (AvgIpc) is 2.19. The van der Waals surface area contributed by atoms with Crippen molar-refractivity contribution in [3.63, 3.8) is 0 Å². The van der Waals surface area contributed by atoms with Gasteiger partial charge in [0, 0.05) is 38.3 Å². The molecule has 2 heteroatoms. The van der Waals surface area contributed by atoms with Crippen LogP contribution >= 0.6 is 0 Å². The summed E-state index contributed by atoms with van der Waals surface area (Å²) in [5.41, 5.74) is 0. The molecule has 0 bridgehead atoms. The Bertz CT molecular complexity index is 169. The molecule has 0 saturated carbocycles. The lowest BCUT2D eigenvalue weighted by Crippen LogP contribution is -2.53. The van der Waals surface area contributed by atoms with E-state index in [9.17, 15) is 0 Å². The van der Waals surface area contributed by atoms with Crippen molar-refractivity contribution in [2.24, 2.45) is 5.92 Å². The van der Waals surface area contributed by atoms with Crippen molar-refractivity contribution in [2.45, 2.75) is 53.1 Å². The summed E-state index contributed by atoms with van der Waals surface area (Å²) < 4.78 is 0. The molecule has 0 aliphatic carbocycles. The largest absolute Gasteiger partial charge is 0.298 e. The van der Waals surface area contributed by atoms with Crippen molar-refractivity contribution in [1.29, 1.82) is 0 Å². The van der Waals surface area contributed by atoms with E-state index in [4.69, 9.17) is 0 Å². The van der Waals surface area contributed by atoms with Gasteiger partial charge in [-0.15, -0.1) is 0 Å². The topological polar surface area (TPSA) is 6.48 Å². The van der Waals surface area contributed by atoms with Gasteiger partial charge in [-0.3, -0.25) is 9.80 Å². The zero-order valence-corrected chi connectivity index (χ0v) is 11.2. The molecule has 0 aromatic carbocycles. The summed E-state index contributed by atoms with van der Waals surface area (Å²) in [4.78, 5) is 5.27. The van der Waals surface area contributed by atoms with Gasteiger partial charge in [0.2, 0.25) is 0 Å². The van der Waals surface area contributed by atoms with E-state index < -0.39 is 0 Å². The van der Waals surface area contributed by atoms with Crippen LogP contribution in [0.15, 0.2) is 0 Å². The molecule has 0 N–H and O–H groups in total. The molecule has 0 aromatic rings. The van der Waals surface area contributed by atoms with E-state index >= 15 is 0 Å². The van der Waals surface area contributed by atoms with Crippen molar-refractivity contribution in [3.8, 4) is 0 Å². The second-order valence-electron chi connectivity index (χ2n) is 5.39. The molecule has 90 valence electrons. The van der Waals surface area contributed by atoms with Crippen LogP contribution in [0.5, 0.6) is 0 Å². The molecule has 0 spiro atoms. The Kier molecular flexibility index (Phi) is 5.07. The molecule has 0 amide bonds. The van der Waals surface area contributed by atoms with Gasteiger partial charge in [0.1, 0.15) is 0 Å². The maximum atomic E-state index is 2.68. The van der Waals surface area contributed by atoms with Crippen molar-refractivity contribution in [1.82, 2.24) is 9.80 Å².